The molecule has 0 atom stereocenters. The van der Waals surface area contributed by atoms with Crippen LogP contribution in [-0.2, 0) is 16.6 Å². The maximum absolute atomic E-state index is 11.9. The zero-order valence-electron chi connectivity index (χ0n) is 9.50. The van der Waals surface area contributed by atoms with Crippen LogP contribution in [0.4, 0.5) is 13.2 Å². The Kier molecular flexibility index (Phi) is 4.71. The SMILES string of the molecule is CNCc1cn[nH]c1S(=O)(=O)NCCC(F)(F)F. The van der Waals surface area contributed by atoms with Crippen molar-refractivity contribution in [2.75, 3.05) is 13.6 Å². The molecule has 0 saturated carbocycles. The van der Waals surface area contributed by atoms with Crippen LogP contribution >= 0.6 is 0 Å². The number of nitrogens with zero attached hydrogens (tertiary/aromatic N) is 1. The number of sulfonamides is 1. The van der Waals surface area contributed by atoms with Gasteiger partial charge in [0.25, 0.3) is 10.0 Å². The summed E-state index contributed by atoms with van der Waals surface area (Å²) in [4.78, 5) is 0. The van der Waals surface area contributed by atoms with Crippen molar-refractivity contribution < 1.29 is 21.6 Å². The van der Waals surface area contributed by atoms with E-state index in [2.05, 4.69) is 15.5 Å². The first-order valence-corrected chi connectivity index (χ1v) is 6.48. The summed E-state index contributed by atoms with van der Waals surface area (Å²) in [7, 11) is -2.39. The number of hydrogen-bond acceptors (Lipinski definition) is 4. The molecule has 0 amide bonds. The van der Waals surface area contributed by atoms with Gasteiger partial charge in [-0.25, -0.2) is 13.1 Å². The Morgan fingerprint density at radius 2 is 2.11 bits per heavy atom. The standard InChI is InChI=1S/C8H13F3N4O2S/c1-12-4-6-5-13-15-7(6)18(16,17)14-3-2-8(9,10)11/h5,12,14H,2-4H2,1H3,(H,13,15). The van der Waals surface area contributed by atoms with Crippen molar-refractivity contribution in [3.05, 3.63) is 11.8 Å². The molecular weight excluding hydrogens is 273 g/mol. The second-order valence-electron chi connectivity index (χ2n) is 3.52. The van der Waals surface area contributed by atoms with Crippen molar-refractivity contribution in [1.29, 1.82) is 0 Å². The Hall–Kier alpha value is -1.13. The van der Waals surface area contributed by atoms with Gasteiger partial charge in [-0.1, -0.05) is 0 Å². The lowest BCUT2D eigenvalue weighted by atomic mass is 10.4. The fraction of sp³-hybridized carbons (Fsp3) is 0.625. The van der Waals surface area contributed by atoms with Crippen molar-refractivity contribution in [3.63, 3.8) is 0 Å². The van der Waals surface area contributed by atoms with Crippen molar-refractivity contribution in [3.8, 4) is 0 Å². The lowest BCUT2D eigenvalue weighted by Crippen LogP contribution is -2.29. The van der Waals surface area contributed by atoms with E-state index in [-0.39, 0.29) is 11.6 Å². The average molecular weight is 286 g/mol. The molecule has 0 aromatic carbocycles. The van der Waals surface area contributed by atoms with Gasteiger partial charge in [0.15, 0.2) is 5.03 Å². The van der Waals surface area contributed by atoms with Crippen molar-refractivity contribution in [2.24, 2.45) is 0 Å². The van der Waals surface area contributed by atoms with E-state index in [0.29, 0.717) is 5.56 Å². The quantitative estimate of drug-likeness (QED) is 0.704. The van der Waals surface area contributed by atoms with Crippen LogP contribution in [0.15, 0.2) is 11.2 Å². The van der Waals surface area contributed by atoms with E-state index in [0.717, 1.165) is 0 Å². The van der Waals surface area contributed by atoms with Crippen LogP contribution in [0.5, 0.6) is 0 Å². The lowest BCUT2D eigenvalue weighted by Gasteiger charge is -2.08. The third-order valence-electron chi connectivity index (χ3n) is 2.01. The normalized spacial score (nSPS) is 12.9. The number of halogens is 3. The Morgan fingerprint density at radius 3 is 2.67 bits per heavy atom. The van der Waals surface area contributed by atoms with Gasteiger partial charge in [-0.2, -0.15) is 18.3 Å². The summed E-state index contributed by atoms with van der Waals surface area (Å²) in [5, 5.41) is 8.32. The Bertz CT molecular complexity index is 483. The molecule has 0 bridgehead atoms. The maximum atomic E-state index is 11.9. The summed E-state index contributed by atoms with van der Waals surface area (Å²) < 4.78 is 61.0. The summed E-state index contributed by atoms with van der Waals surface area (Å²) in [6.07, 6.45) is -4.32. The molecule has 1 heterocycles. The van der Waals surface area contributed by atoms with Crippen LogP contribution in [0.3, 0.4) is 0 Å². The van der Waals surface area contributed by atoms with Gasteiger partial charge < -0.3 is 5.32 Å². The molecule has 1 aromatic rings. The molecule has 1 rings (SSSR count). The van der Waals surface area contributed by atoms with Crippen molar-refractivity contribution in [2.45, 2.75) is 24.2 Å². The van der Waals surface area contributed by atoms with Gasteiger partial charge in [0.05, 0.1) is 12.6 Å². The molecule has 0 aliphatic carbocycles. The number of aromatic nitrogens is 2. The summed E-state index contributed by atoms with van der Waals surface area (Å²) >= 11 is 0. The number of hydrogen-bond donors (Lipinski definition) is 3. The number of alkyl halides is 3. The summed E-state index contributed by atoms with van der Waals surface area (Å²) in [6, 6.07) is 0. The van der Waals surface area contributed by atoms with Gasteiger partial charge in [0.2, 0.25) is 0 Å². The molecule has 10 heteroatoms. The highest BCUT2D eigenvalue weighted by atomic mass is 32.2. The first-order chi connectivity index (χ1) is 8.26. The zero-order valence-corrected chi connectivity index (χ0v) is 10.3. The van der Waals surface area contributed by atoms with Crippen LogP contribution in [0.25, 0.3) is 0 Å². The van der Waals surface area contributed by atoms with Gasteiger partial charge >= 0.3 is 6.18 Å². The van der Waals surface area contributed by atoms with Crippen molar-refractivity contribution >= 4 is 10.0 Å². The Morgan fingerprint density at radius 1 is 1.44 bits per heavy atom. The summed E-state index contributed by atoms with van der Waals surface area (Å²) in [5.41, 5.74) is 0.358. The number of nitrogens with one attached hydrogen (secondary N) is 3. The predicted octanol–water partition coefficient (Wildman–Crippen LogP) is 0.360. The lowest BCUT2D eigenvalue weighted by molar-refractivity contribution is -0.132. The van der Waals surface area contributed by atoms with Gasteiger partial charge in [0, 0.05) is 18.7 Å². The van der Waals surface area contributed by atoms with E-state index in [4.69, 9.17) is 0 Å². The van der Waals surface area contributed by atoms with Gasteiger partial charge in [0.1, 0.15) is 0 Å². The second-order valence-corrected chi connectivity index (χ2v) is 5.22. The summed E-state index contributed by atoms with van der Waals surface area (Å²) in [5.74, 6) is 0. The molecule has 0 radical (unpaired) electrons. The van der Waals surface area contributed by atoms with Crippen LogP contribution < -0.4 is 10.0 Å². The van der Waals surface area contributed by atoms with E-state index >= 15 is 0 Å². The molecule has 0 aliphatic rings. The van der Waals surface area contributed by atoms with Gasteiger partial charge in [-0.15, -0.1) is 0 Å². The zero-order chi connectivity index (χ0) is 13.8. The smallest absolute Gasteiger partial charge is 0.316 e. The van der Waals surface area contributed by atoms with Gasteiger partial charge in [-0.05, 0) is 7.05 Å². The van der Waals surface area contributed by atoms with E-state index in [1.165, 1.54) is 6.20 Å². The Balaban J connectivity index is 2.71. The van der Waals surface area contributed by atoms with Crippen LogP contribution in [0.1, 0.15) is 12.0 Å². The molecule has 0 saturated heterocycles. The number of aromatic amines is 1. The first kappa shape index (κ1) is 14.9. The van der Waals surface area contributed by atoms with Crippen LogP contribution in [0, 0.1) is 0 Å². The summed E-state index contributed by atoms with van der Waals surface area (Å²) in [6.45, 7) is -0.462. The highest BCUT2D eigenvalue weighted by Crippen LogP contribution is 2.19. The predicted molar refractivity (Wildman–Crippen MR) is 57.2 cm³/mol. The maximum Gasteiger partial charge on any atom is 0.390 e. The molecule has 104 valence electrons. The van der Waals surface area contributed by atoms with E-state index in [1.54, 1.807) is 7.05 Å². The van der Waals surface area contributed by atoms with E-state index in [9.17, 15) is 21.6 Å². The second kappa shape index (κ2) is 5.67. The monoisotopic (exact) mass is 286 g/mol. The highest BCUT2D eigenvalue weighted by Gasteiger charge is 2.28. The molecule has 0 spiro atoms. The fourth-order valence-corrected chi connectivity index (χ4v) is 2.41. The number of H-pyrrole nitrogens is 1. The number of rotatable bonds is 6. The largest absolute Gasteiger partial charge is 0.390 e. The van der Waals surface area contributed by atoms with Gasteiger partial charge in [-0.3, -0.25) is 5.10 Å². The van der Waals surface area contributed by atoms with Crippen LogP contribution in [0.2, 0.25) is 0 Å². The molecule has 6 nitrogen and oxygen atoms in total. The molecule has 0 aliphatic heterocycles. The fourth-order valence-electron chi connectivity index (χ4n) is 1.25. The van der Waals surface area contributed by atoms with E-state index in [1.807, 2.05) is 4.72 Å². The average Bonchev–Trinajstić information content (AvgIpc) is 2.64. The topological polar surface area (TPSA) is 86.9 Å². The van der Waals surface area contributed by atoms with Crippen LogP contribution in [-0.4, -0.2) is 38.4 Å². The Labute approximate surface area is 102 Å². The molecule has 0 unspecified atom stereocenters. The first-order valence-electron chi connectivity index (χ1n) is 4.99. The molecule has 3 N–H and O–H groups in total. The third-order valence-corrected chi connectivity index (χ3v) is 3.49. The highest BCUT2D eigenvalue weighted by molar-refractivity contribution is 7.89. The van der Waals surface area contributed by atoms with Crippen molar-refractivity contribution in [1.82, 2.24) is 20.2 Å². The van der Waals surface area contributed by atoms with E-state index < -0.39 is 29.2 Å². The molecule has 1 aromatic heterocycles. The molecule has 18 heavy (non-hydrogen) atoms. The minimum Gasteiger partial charge on any atom is -0.316 e. The minimum atomic E-state index is -4.40. The molecular formula is C8H13F3N4O2S. The minimum absolute atomic E-state index is 0.223. The molecule has 0 fully saturated rings. The third kappa shape index (κ3) is 4.27.